The van der Waals surface area contributed by atoms with Gasteiger partial charge in [-0.25, -0.2) is 13.2 Å². The average Bonchev–Trinajstić information content (AvgIpc) is 3.84. The lowest BCUT2D eigenvalue weighted by molar-refractivity contribution is -0.150. The average molecular weight is 584 g/mol. The van der Waals surface area contributed by atoms with Crippen LogP contribution in [0.4, 0.5) is 13.2 Å². The monoisotopic (exact) mass is 583 g/mol. The molecule has 0 aromatic heterocycles. The molecule has 224 valence electrons. The molecule has 1 atom stereocenters. The zero-order chi connectivity index (χ0) is 29.3. The second kappa shape index (κ2) is 9.89. The van der Waals surface area contributed by atoms with Gasteiger partial charge in [-0.15, -0.1) is 0 Å². The van der Waals surface area contributed by atoms with Gasteiger partial charge >= 0.3 is 5.97 Å². The number of likely N-dealkylation sites (tertiary alicyclic amines) is 2. The second-order valence-electron chi connectivity index (χ2n) is 13.3. The smallest absolute Gasteiger partial charge is 0.309 e. The fraction of sp³-hybridized carbons (Fsp3) is 0.562. The summed E-state index contributed by atoms with van der Waals surface area (Å²) in [6.45, 7) is 5.17. The van der Waals surface area contributed by atoms with Crippen molar-refractivity contribution in [1.82, 2.24) is 9.80 Å². The highest BCUT2D eigenvalue weighted by atomic mass is 19.3. The van der Waals surface area contributed by atoms with Gasteiger partial charge in [0.25, 0.3) is 5.92 Å². The third-order valence-electron chi connectivity index (χ3n) is 9.74. The number of benzene rings is 2. The van der Waals surface area contributed by atoms with Gasteiger partial charge in [0.05, 0.1) is 24.4 Å². The van der Waals surface area contributed by atoms with Crippen LogP contribution in [0.15, 0.2) is 41.6 Å². The van der Waals surface area contributed by atoms with Gasteiger partial charge < -0.3 is 19.6 Å². The first-order valence-corrected chi connectivity index (χ1v) is 14.9. The number of carboxylic acids is 1. The number of halogens is 3. The Hall–Kier alpha value is -3.27. The number of piperidine rings is 1. The highest BCUT2D eigenvalue weighted by Gasteiger charge is 2.57. The Morgan fingerprint density at radius 3 is 2.45 bits per heavy atom. The Bertz CT molecular complexity index is 1410. The van der Waals surface area contributed by atoms with Crippen LogP contribution in [0.25, 0.3) is 11.1 Å². The molecular weight excluding hydrogens is 547 g/mol. The fourth-order valence-corrected chi connectivity index (χ4v) is 6.64. The summed E-state index contributed by atoms with van der Waals surface area (Å²) in [6, 6.07) is 10.5. The van der Waals surface area contributed by atoms with Crippen LogP contribution >= 0.6 is 0 Å². The van der Waals surface area contributed by atoms with Gasteiger partial charge in [0.15, 0.2) is 5.60 Å². The Kier molecular flexibility index (Phi) is 6.49. The van der Waals surface area contributed by atoms with Crippen molar-refractivity contribution in [2.45, 2.75) is 69.4 Å². The molecule has 0 amide bonds. The van der Waals surface area contributed by atoms with Crippen molar-refractivity contribution < 1.29 is 32.6 Å². The fourth-order valence-electron chi connectivity index (χ4n) is 6.64. The van der Waals surface area contributed by atoms with E-state index >= 15 is 0 Å². The standard InChI is InChI=1S/C32H36F3N3O4/c1-30(29(39)40)8-10-38(11-9-30)27-15-31(42-36-27)18-37(19-31)16-20-12-25(21-2-3-21)28(22-4-6-24(33)7-5-22)26(13-20)41-17-23-14-32(23,34)35/h4-7,12-13,21,23H,2-3,8-11,14-19H2,1H3,(H,39,40)/t23-/m1/s1. The minimum atomic E-state index is -2.66. The molecule has 42 heavy (non-hydrogen) atoms. The van der Waals surface area contributed by atoms with E-state index in [9.17, 15) is 23.1 Å². The van der Waals surface area contributed by atoms with Gasteiger partial charge in [-0.05, 0) is 73.4 Å². The molecule has 1 spiro atoms. The summed E-state index contributed by atoms with van der Waals surface area (Å²) in [5.74, 6) is -2.64. The zero-order valence-corrected chi connectivity index (χ0v) is 23.8. The van der Waals surface area contributed by atoms with Gasteiger partial charge in [-0.3, -0.25) is 9.69 Å². The highest BCUT2D eigenvalue weighted by molar-refractivity contribution is 5.85. The van der Waals surface area contributed by atoms with Gasteiger partial charge in [0, 0.05) is 44.7 Å². The SMILES string of the molecule is CC1(C(=O)O)CCN(C2=NOC3(C2)CN(Cc2cc(OC[C@H]4CC4(F)F)c(-c4ccc(F)cc4)c(C4CC4)c2)C3)CC1. The molecule has 0 radical (unpaired) electrons. The number of oxime groups is 1. The number of hydrogen-bond donors (Lipinski definition) is 1. The van der Waals surface area contributed by atoms with Crippen LogP contribution in [0.3, 0.4) is 0 Å². The van der Waals surface area contributed by atoms with Gasteiger partial charge in [0.2, 0.25) is 0 Å². The van der Waals surface area contributed by atoms with Gasteiger partial charge in [0.1, 0.15) is 17.4 Å². The van der Waals surface area contributed by atoms with Gasteiger partial charge in [-0.2, -0.15) is 0 Å². The molecule has 4 fully saturated rings. The van der Waals surface area contributed by atoms with E-state index in [1.165, 1.54) is 12.1 Å². The third kappa shape index (κ3) is 5.23. The molecule has 0 bridgehead atoms. The van der Waals surface area contributed by atoms with Crippen molar-refractivity contribution in [3.8, 4) is 16.9 Å². The van der Waals surface area contributed by atoms with E-state index in [1.54, 1.807) is 12.1 Å². The van der Waals surface area contributed by atoms with E-state index in [1.807, 2.05) is 13.0 Å². The first-order chi connectivity index (χ1) is 20.0. The molecule has 5 aliphatic rings. The Balaban J connectivity index is 1.04. The van der Waals surface area contributed by atoms with Crippen LogP contribution < -0.4 is 4.74 Å². The lowest BCUT2D eigenvalue weighted by Crippen LogP contribution is -2.61. The second-order valence-corrected chi connectivity index (χ2v) is 13.3. The molecule has 2 saturated heterocycles. The minimum Gasteiger partial charge on any atom is -0.492 e. The molecule has 7 rings (SSSR count). The summed E-state index contributed by atoms with van der Waals surface area (Å²) in [5, 5.41) is 13.9. The van der Waals surface area contributed by atoms with Crippen molar-refractivity contribution in [3.63, 3.8) is 0 Å². The molecular formula is C32H36F3N3O4. The van der Waals surface area contributed by atoms with Crippen LogP contribution in [-0.2, 0) is 16.2 Å². The lowest BCUT2D eigenvalue weighted by atomic mass is 9.80. The van der Waals surface area contributed by atoms with Crippen molar-refractivity contribution in [3.05, 3.63) is 53.3 Å². The lowest BCUT2D eigenvalue weighted by Gasteiger charge is -2.46. The largest absolute Gasteiger partial charge is 0.492 e. The number of carboxylic acid groups (broad SMARTS) is 1. The number of nitrogens with zero attached hydrogens (tertiary/aromatic N) is 3. The summed E-state index contributed by atoms with van der Waals surface area (Å²) in [4.78, 5) is 22.0. The quantitative estimate of drug-likeness (QED) is 0.419. The Morgan fingerprint density at radius 2 is 1.83 bits per heavy atom. The summed E-state index contributed by atoms with van der Waals surface area (Å²) >= 11 is 0. The Morgan fingerprint density at radius 1 is 1.14 bits per heavy atom. The molecule has 2 aliphatic carbocycles. The van der Waals surface area contributed by atoms with Crippen molar-refractivity contribution >= 4 is 11.8 Å². The number of alkyl halides is 2. The summed E-state index contributed by atoms with van der Waals surface area (Å²) in [6.07, 6.45) is 3.83. The maximum atomic E-state index is 13.7. The molecule has 2 aromatic carbocycles. The topological polar surface area (TPSA) is 74.6 Å². The predicted molar refractivity (Wildman–Crippen MR) is 150 cm³/mol. The van der Waals surface area contributed by atoms with E-state index in [4.69, 9.17) is 9.57 Å². The van der Waals surface area contributed by atoms with E-state index in [2.05, 4.69) is 21.0 Å². The first kappa shape index (κ1) is 27.6. The van der Waals surface area contributed by atoms with Crippen molar-refractivity contribution in [2.24, 2.45) is 16.5 Å². The van der Waals surface area contributed by atoms with Crippen LogP contribution in [-0.4, -0.2) is 71.0 Å². The van der Waals surface area contributed by atoms with Crippen LogP contribution in [0.5, 0.6) is 5.75 Å². The number of ether oxygens (including phenoxy) is 1. The Labute approximate surface area is 243 Å². The number of aliphatic carboxylic acids is 1. The maximum Gasteiger partial charge on any atom is 0.309 e. The van der Waals surface area contributed by atoms with Crippen LogP contribution in [0, 0.1) is 17.2 Å². The molecule has 3 aliphatic heterocycles. The van der Waals surface area contributed by atoms with E-state index < -0.39 is 23.2 Å². The molecule has 2 saturated carbocycles. The van der Waals surface area contributed by atoms with Gasteiger partial charge in [-0.1, -0.05) is 23.4 Å². The molecule has 10 heteroatoms. The number of carbonyl (C=O) groups is 1. The molecule has 0 unspecified atom stereocenters. The molecule has 1 N–H and O–H groups in total. The molecule has 7 nitrogen and oxygen atoms in total. The molecule has 2 aromatic rings. The van der Waals surface area contributed by atoms with Crippen molar-refractivity contribution in [2.75, 3.05) is 32.8 Å². The molecule has 3 heterocycles. The third-order valence-corrected chi connectivity index (χ3v) is 9.74. The van der Waals surface area contributed by atoms with Crippen molar-refractivity contribution in [1.29, 1.82) is 0 Å². The number of rotatable bonds is 8. The predicted octanol–water partition coefficient (Wildman–Crippen LogP) is 5.88. The van der Waals surface area contributed by atoms with Crippen LogP contribution in [0.1, 0.15) is 62.5 Å². The van der Waals surface area contributed by atoms with E-state index in [0.717, 1.165) is 40.9 Å². The zero-order valence-electron chi connectivity index (χ0n) is 23.8. The summed E-state index contributed by atoms with van der Waals surface area (Å²) in [7, 11) is 0. The van der Waals surface area contributed by atoms with E-state index in [-0.39, 0.29) is 24.4 Å². The summed E-state index contributed by atoms with van der Waals surface area (Å²) in [5.41, 5.74) is 2.84. The maximum absolute atomic E-state index is 13.7. The van der Waals surface area contributed by atoms with Crippen LogP contribution in [0.2, 0.25) is 0 Å². The van der Waals surface area contributed by atoms with E-state index in [0.29, 0.717) is 63.7 Å². The first-order valence-electron chi connectivity index (χ1n) is 14.9. The number of amidine groups is 1. The minimum absolute atomic E-state index is 0.0440. The normalized spacial score (nSPS) is 25.5. The number of hydrogen-bond acceptors (Lipinski definition) is 6. The highest BCUT2D eigenvalue weighted by Crippen LogP contribution is 2.51. The summed E-state index contributed by atoms with van der Waals surface area (Å²) < 4.78 is 47.2.